The van der Waals surface area contributed by atoms with Crippen molar-refractivity contribution >= 4 is 12.1 Å². The van der Waals surface area contributed by atoms with Gasteiger partial charge in [-0.1, -0.05) is 111 Å². The molecule has 0 radical (unpaired) electrons. The van der Waals surface area contributed by atoms with Gasteiger partial charge in [-0.2, -0.15) is 0 Å². The molecular formula is C29H46N2. The van der Waals surface area contributed by atoms with Crippen LogP contribution in [0.4, 0.5) is 0 Å². The molecule has 0 aromatic rings. The summed E-state index contributed by atoms with van der Waals surface area (Å²) in [6.45, 7) is 27.9. The third kappa shape index (κ3) is 12.3. The molecular weight excluding hydrogens is 376 g/mol. The maximum atomic E-state index is 4.56. The summed E-state index contributed by atoms with van der Waals surface area (Å²) < 4.78 is 0. The first-order chi connectivity index (χ1) is 14.1. The minimum atomic E-state index is -0.0805. The van der Waals surface area contributed by atoms with E-state index in [1.165, 1.54) is 22.9 Å². The molecule has 172 valence electrons. The minimum Gasteiger partial charge on any atom is -0.245 e. The second-order valence-electron chi connectivity index (χ2n) is 11.0. The van der Waals surface area contributed by atoms with Crippen LogP contribution in [0.5, 0.6) is 0 Å². The van der Waals surface area contributed by atoms with Crippen molar-refractivity contribution in [2.24, 2.45) is 26.2 Å². The SMILES string of the molecule is C=C\N=C/N=C(\C=C/C(=C/C(=C/C=C(\C)C(C)(C)C)C/C=C\C)C(C)(C)C)C(C)(C)C. The van der Waals surface area contributed by atoms with Crippen LogP contribution in [0.3, 0.4) is 0 Å². The van der Waals surface area contributed by atoms with Crippen molar-refractivity contribution in [3.05, 3.63) is 72.0 Å². The summed E-state index contributed by atoms with van der Waals surface area (Å²) >= 11 is 0. The monoisotopic (exact) mass is 422 g/mol. The van der Waals surface area contributed by atoms with Gasteiger partial charge >= 0.3 is 0 Å². The van der Waals surface area contributed by atoms with Crippen molar-refractivity contribution in [1.29, 1.82) is 0 Å². The van der Waals surface area contributed by atoms with E-state index in [0.717, 1.165) is 12.1 Å². The van der Waals surface area contributed by atoms with E-state index in [0.29, 0.717) is 0 Å². The molecule has 0 atom stereocenters. The molecule has 0 fully saturated rings. The van der Waals surface area contributed by atoms with Gasteiger partial charge in [0.25, 0.3) is 0 Å². The molecule has 0 N–H and O–H groups in total. The van der Waals surface area contributed by atoms with Gasteiger partial charge in [-0.25, -0.2) is 9.98 Å². The lowest BCUT2D eigenvalue weighted by Gasteiger charge is -2.23. The van der Waals surface area contributed by atoms with Crippen molar-refractivity contribution in [2.75, 3.05) is 0 Å². The van der Waals surface area contributed by atoms with E-state index in [1.54, 1.807) is 6.34 Å². The molecule has 31 heavy (non-hydrogen) atoms. The molecule has 0 aliphatic heterocycles. The Bertz CT molecular complexity index is 787. The summed E-state index contributed by atoms with van der Waals surface area (Å²) in [5.74, 6) is 0. The van der Waals surface area contributed by atoms with Gasteiger partial charge in [0.1, 0.15) is 6.34 Å². The van der Waals surface area contributed by atoms with Crippen molar-refractivity contribution in [2.45, 2.75) is 82.6 Å². The van der Waals surface area contributed by atoms with E-state index in [-0.39, 0.29) is 16.2 Å². The molecule has 0 heterocycles. The lowest BCUT2D eigenvalue weighted by Crippen LogP contribution is -2.19. The zero-order valence-electron chi connectivity index (χ0n) is 22.0. The molecule has 0 aliphatic rings. The Hall–Kier alpha value is -2.22. The Labute approximate surface area is 193 Å². The van der Waals surface area contributed by atoms with Crippen LogP contribution in [-0.2, 0) is 0 Å². The zero-order chi connectivity index (χ0) is 24.3. The lowest BCUT2D eigenvalue weighted by molar-refractivity contribution is 0.504. The molecule has 2 heteroatoms. The van der Waals surface area contributed by atoms with Crippen molar-refractivity contribution in [1.82, 2.24) is 0 Å². The van der Waals surface area contributed by atoms with Crippen molar-refractivity contribution in [3.8, 4) is 0 Å². The van der Waals surface area contributed by atoms with Crippen LogP contribution >= 0.6 is 0 Å². The van der Waals surface area contributed by atoms with Crippen LogP contribution in [0, 0.1) is 16.2 Å². The highest BCUT2D eigenvalue weighted by molar-refractivity contribution is 6.03. The normalized spacial score (nSPS) is 16.2. The average molecular weight is 423 g/mol. The summed E-state index contributed by atoms with van der Waals surface area (Å²) in [6.07, 6.45) is 19.5. The molecule has 0 unspecified atom stereocenters. The Morgan fingerprint density at radius 3 is 1.90 bits per heavy atom. The number of nitrogens with zero attached hydrogens (tertiary/aromatic N) is 2. The van der Waals surface area contributed by atoms with Gasteiger partial charge in [0.2, 0.25) is 0 Å². The second kappa shape index (κ2) is 12.6. The van der Waals surface area contributed by atoms with E-state index < -0.39 is 0 Å². The molecule has 0 spiro atoms. The van der Waals surface area contributed by atoms with Crippen molar-refractivity contribution in [3.63, 3.8) is 0 Å². The average Bonchev–Trinajstić information content (AvgIpc) is 2.61. The predicted molar refractivity (Wildman–Crippen MR) is 143 cm³/mol. The number of aliphatic imine (C=N–C) groups is 2. The Kier molecular flexibility index (Phi) is 11.7. The van der Waals surface area contributed by atoms with Crippen LogP contribution in [0.2, 0.25) is 0 Å². The largest absolute Gasteiger partial charge is 0.245 e. The maximum absolute atomic E-state index is 4.56. The van der Waals surface area contributed by atoms with Crippen LogP contribution in [0.25, 0.3) is 0 Å². The molecule has 0 aromatic carbocycles. The number of hydrogen-bond donors (Lipinski definition) is 0. The third-order valence-electron chi connectivity index (χ3n) is 5.08. The topological polar surface area (TPSA) is 24.7 Å². The predicted octanol–water partition coefficient (Wildman–Crippen LogP) is 9.06. The quantitative estimate of drug-likeness (QED) is 0.161. The molecule has 0 rings (SSSR count). The summed E-state index contributed by atoms with van der Waals surface area (Å²) in [6, 6.07) is 0. The first kappa shape index (κ1) is 28.8. The Morgan fingerprint density at radius 1 is 0.839 bits per heavy atom. The summed E-state index contributed by atoms with van der Waals surface area (Å²) in [7, 11) is 0. The number of hydrogen-bond acceptors (Lipinski definition) is 1. The van der Waals surface area contributed by atoms with E-state index >= 15 is 0 Å². The van der Waals surface area contributed by atoms with Gasteiger partial charge in [-0.05, 0) is 48.3 Å². The van der Waals surface area contributed by atoms with E-state index in [1.807, 2.05) is 0 Å². The van der Waals surface area contributed by atoms with Gasteiger partial charge in [0.15, 0.2) is 0 Å². The summed E-state index contributed by atoms with van der Waals surface area (Å²) in [5.41, 5.74) is 5.01. The number of allylic oxidation sites excluding steroid dienone is 10. The van der Waals surface area contributed by atoms with Gasteiger partial charge in [-0.3, -0.25) is 0 Å². The first-order valence-corrected chi connectivity index (χ1v) is 11.2. The fraction of sp³-hybridized carbons (Fsp3) is 0.517. The van der Waals surface area contributed by atoms with E-state index in [4.69, 9.17) is 0 Å². The molecule has 0 amide bonds. The number of rotatable bonds is 8. The molecule has 0 aliphatic carbocycles. The highest BCUT2D eigenvalue weighted by Crippen LogP contribution is 2.30. The standard InChI is InChI=1S/C29H46N2/c1-13-15-16-24(18-17-23(3)27(4,5)6)21-25(28(7,8)9)19-20-26(29(10,11)12)31-22-30-14-2/h13-15,17-22H,2,16H2,1,3-12H3/b15-13-,20-19-,23-17+,24-18+,25-21-,30-22-,31-26+. The van der Waals surface area contributed by atoms with E-state index in [2.05, 4.69) is 135 Å². The van der Waals surface area contributed by atoms with Crippen LogP contribution in [0.1, 0.15) is 82.6 Å². The van der Waals surface area contributed by atoms with Gasteiger partial charge < -0.3 is 0 Å². The van der Waals surface area contributed by atoms with Gasteiger partial charge in [0, 0.05) is 17.3 Å². The fourth-order valence-electron chi connectivity index (χ4n) is 2.42. The first-order valence-electron chi connectivity index (χ1n) is 11.2. The molecule has 0 bridgehead atoms. The van der Waals surface area contributed by atoms with Gasteiger partial charge in [0.05, 0.1) is 0 Å². The zero-order valence-corrected chi connectivity index (χ0v) is 22.0. The van der Waals surface area contributed by atoms with Crippen LogP contribution in [-0.4, -0.2) is 12.1 Å². The molecule has 0 saturated carbocycles. The smallest absolute Gasteiger partial charge is 0.115 e. The lowest BCUT2D eigenvalue weighted by atomic mass is 9.82. The highest BCUT2D eigenvalue weighted by atomic mass is 14.8. The summed E-state index contributed by atoms with van der Waals surface area (Å²) in [4.78, 5) is 8.58. The highest BCUT2D eigenvalue weighted by Gasteiger charge is 2.19. The Morgan fingerprint density at radius 2 is 1.45 bits per heavy atom. The maximum Gasteiger partial charge on any atom is 0.115 e. The third-order valence-corrected chi connectivity index (χ3v) is 5.08. The molecule has 0 aromatic heterocycles. The molecule has 0 saturated heterocycles. The fourth-order valence-corrected chi connectivity index (χ4v) is 2.42. The Balaban J connectivity index is 6.38. The van der Waals surface area contributed by atoms with Crippen LogP contribution in [0.15, 0.2) is 82.0 Å². The summed E-state index contributed by atoms with van der Waals surface area (Å²) in [5, 5.41) is 0. The second-order valence-corrected chi connectivity index (χ2v) is 11.0. The van der Waals surface area contributed by atoms with Crippen LogP contribution < -0.4 is 0 Å². The van der Waals surface area contributed by atoms with Crippen molar-refractivity contribution < 1.29 is 0 Å². The molecule has 2 nitrogen and oxygen atoms in total. The van der Waals surface area contributed by atoms with Gasteiger partial charge in [-0.15, -0.1) is 0 Å². The van der Waals surface area contributed by atoms with E-state index in [9.17, 15) is 0 Å². The minimum absolute atomic E-state index is 0.00645.